The van der Waals surface area contributed by atoms with Crippen molar-refractivity contribution in [2.45, 2.75) is 32.6 Å². The van der Waals surface area contributed by atoms with Crippen LogP contribution in [0.25, 0.3) is 0 Å². The number of rotatable bonds is 4. The van der Waals surface area contributed by atoms with Gasteiger partial charge in [0, 0.05) is 49.1 Å². The van der Waals surface area contributed by atoms with E-state index < -0.39 is 0 Å². The monoisotopic (exact) mass is 416 g/mol. The molecule has 1 aromatic heterocycles. The highest BCUT2D eigenvalue weighted by molar-refractivity contribution is 7.15. The second-order valence-electron chi connectivity index (χ2n) is 7.53. The van der Waals surface area contributed by atoms with Gasteiger partial charge in [-0.1, -0.05) is 13.0 Å². The van der Waals surface area contributed by atoms with E-state index in [1.807, 2.05) is 11.8 Å². The highest BCUT2D eigenvalue weighted by atomic mass is 32.1. The molecule has 2 aromatic rings. The third-order valence-corrected chi connectivity index (χ3v) is 6.78. The van der Waals surface area contributed by atoms with E-state index in [4.69, 9.17) is 4.98 Å². The third-order valence-electron chi connectivity index (χ3n) is 5.60. The number of anilines is 2. The van der Waals surface area contributed by atoms with Crippen molar-refractivity contribution < 1.29 is 14.0 Å². The first-order valence-corrected chi connectivity index (χ1v) is 10.9. The molecule has 0 saturated carbocycles. The number of nitrogens with one attached hydrogen (secondary N) is 1. The maximum absolute atomic E-state index is 13.3. The summed E-state index contributed by atoms with van der Waals surface area (Å²) in [4.78, 5) is 34.6. The zero-order chi connectivity index (χ0) is 20.4. The Morgan fingerprint density at radius 1 is 1.28 bits per heavy atom. The van der Waals surface area contributed by atoms with Gasteiger partial charge in [-0.05, 0) is 37.5 Å². The number of carbonyl (C=O) groups is 2. The largest absolute Gasteiger partial charge is 0.345 e. The van der Waals surface area contributed by atoms with E-state index in [1.165, 1.54) is 12.1 Å². The molecule has 8 heteroatoms. The van der Waals surface area contributed by atoms with Crippen molar-refractivity contribution in [3.05, 3.63) is 40.7 Å². The van der Waals surface area contributed by atoms with Crippen LogP contribution in [-0.4, -0.2) is 47.9 Å². The molecule has 154 valence electrons. The predicted octanol–water partition coefficient (Wildman–Crippen LogP) is 3.08. The molecule has 4 rings (SSSR count). The van der Waals surface area contributed by atoms with Crippen LogP contribution in [0.15, 0.2) is 24.3 Å². The second kappa shape index (κ2) is 8.49. The summed E-state index contributed by atoms with van der Waals surface area (Å²) in [6, 6.07) is 5.98. The smallest absolute Gasteiger partial charge is 0.227 e. The first-order valence-electron chi connectivity index (χ1n) is 10.1. The van der Waals surface area contributed by atoms with Crippen LogP contribution < -0.4 is 10.2 Å². The topological polar surface area (TPSA) is 65.5 Å². The number of hydrogen-bond acceptors (Lipinski definition) is 5. The van der Waals surface area contributed by atoms with Gasteiger partial charge in [-0.3, -0.25) is 9.59 Å². The zero-order valence-electron chi connectivity index (χ0n) is 16.5. The number of fused-ring (bicyclic) bond motifs is 1. The Morgan fingerprint density at radius 2 is 2.07 bits per heavy atom. The molecule has 1 N–H and O–H groups in total. The number of carbonyl (C=O) groups excluding carboxylic acids is 2. The van der Waals surface area contributed by atoms with E-state index in [1.54, 1.807) is 23.5 Å². The normalized spacial score (nSPS) is 19.0. The van der Waals surface area contributed by atoms with Crippen LogP contribution in [0, 0.1) is 11.7 Å². The number of piperazine rings is 1. The summed E-state index contributed by atoms with van der Waals surface area (Å²) in [5.74, 6) is -0.349. The molecule has 1 aliphatic carbocycles. The molecular formula is C21H25FN4O2S. The van der Waals surface area contributed by atoms with Gasteiger partial charge in [0.25, 0.3) is 0 Å². The second-order valence-corrected chi connectivity index (χ2v) is 8.59. The molecule has 2 aliphatic rings. The van der Waals surface area contributed by atoms with Crippen molar-refractivity contribution in [2.24, 2.45) is 5.92 Å². The van der Waals surface area contributed by atoms with Crippen LogP contribution in [0.1, 0.15) is 30.3 Å². The van der Waals surface area contributed by atoms with Gasteiger partial charge in [-0.25, -0.2) is 9.37 Å². The van der Waals surface area contributed by atoms with Crippen LogP contribution in [0.3, 0.4) is 0 Å². The Hall–Kier alpha value is -2.48. The van der Waals surface area contributed by atoms with Crippen LogP contribution >= 0.6 is 11.3 Å². The standard InChI is InChI=1S/C21H25FN4O2S/c1-2-19(27)25-8-10-26(11-9-25)21-24-17-7-6-14(12-18(17)29-21)20(28)23-16-5-3-4-15(22)13-16/h3-5,13-14H,2,6-12H2,1H3,(H,23,28). The van der Waals surface area contributed by atoms with Crippen LogP contribution in [-0.2, 0) is 22.4 Å². The molecule has 1 fully saturated rings. The van der Waals surface area contributed by atoms with E-state index in [2.05, 4.69) is 10.2 Å². The Morgan fingerprint density at radius 3 is 2.79 bits per heavy atom. The molecule has 1 atom stereocenters. The zero-order valence-corrected chi connectivity index (χ0v) is 17.3. The molecule has 6 nitrogen and oxygen atoms in total. The summed E-state index contributed by atoms with van der Waals surface area (Å²) in [5.41, 5.74) is 1.58. The third kappa shape index (κ3) is 4.42. The Balaban J connectivity index is 1.37. The van der Waals surface area contributed by atoms with E-state index >= 15 is 0 Å². The van der Waals surface area contributed by atoms with Gasteiger partial charge in [0.2, 0.25) is 11.8 Å². The van der Waals surface area contributed by atoms with Crippen LogP contribution in [0.2, 0.25) is 0 Å². The maximum Gasteiger partial charge on any atom is 0.227 e. The highest BCUT2D eigenvalue weighted by Crippen LogP contribution is 2.35. The van der Waals surface area contributed by atoms with Gasteiger partial charge in [0.15, 0.2) is 5.13 Å². The minimum Gasteiger partial charge on any atom is -0.345 e. The van der Waals surface area contributed by atoms with Crippen molar-refractivity contribution in [3.8, 4) is 0 Å². The lowest BCUT2D eigenvalue weighted by atomic mass is 9.90. The molecule has 0 spiro atoms. The average Bonchev–Trinajstić information content (AvgIpc) is 3.16. The summed E-state index contributed by atoms with van der Waals surface area (Å²) in [6.45, 7) is 4.94. The molecule has 1 saturated heterocycles. The average molecular weight is 417 g/mol. The van der Waals surface area contributed by atoms with Gasteiger partial charge < -0.3 is 15.1 Å². The van der Waals surface area contributed by atoms with Crippen molar-refractivity contribution in [3.63, 3.8) is 0 Å². The SMILES string of the molecule is CCC(=O)N1CCN(c2nc3c(s2)CC(C(=O)Nc2cccc(F)c2)CC3)CC1. The van der Waals surface area contributed by atoms with Crippen LogP contribution in [0.4, 0.5) is 15.2 Å². The fraction of sp³-hybridized carbons (Fsp3) is 0.476. The summed E-state index contributed by atoms with van der Waals surface area (Å²) in [7, 11) is 0. The Kier molecular flexibility index (Phi) is 5.80. The van der Waals surface area contributed by atoms with Crippen molar-refractivity contribution in [1.82, 2.24) is 9.88 Å². The van der Waals surface area contributed by atoms with Gasteiger partial charge in [-0.2, -0.15) is 0 Å². The summed E-state index contributed by atoms with van der Waals surface area (Å²) >= 11 is 1.66. The van der Waals surface area contributed by atoms with Gasteiger partial charge in [0.05, 0.1) is 5.69 Å². The number of thiazole rings is 1. The van der Waals surface area contributed by atoms with E-state index in [-0.39, 0.29) is 23.5 Å². The maximum atomic E-state index is 13.3. The summed E-state index contributed by atoms with van der Waals surface area (Å²) < 4.78 is 13.3. The number of halogens is 1. The Labute approximate surface area is 173 Å². The van der Waals surface area contributed by atoms with E-state index in [0.29, 0.717) is 18.5 Å². The summed E-state index contributed by atoms with van der Waals surface area (Å²) in [5, 5.41) is 3.82. The number of aryl methyl sites for hydroxylation is 1. The molecule has 1 aromatic carbocycles. The highest BCUT2D eigenvalue weighted by Gasteiger charge is 2.29. The quantitative estimate of drug-likeness (QED) is 0.832. The van der Waals surface area contributed by atoms with Gasteiger partial charge in [0.1, 0.15) is 5.82 Å². The summed E-state index contributed by atoms with van der Waals surface area (Å²) in [6.07, 6.45) is 2.74. The minimum atomic E-state index is -0.360. The lowest BCUT2D eigenvalue weighted by Crippen LogP contribution is -2.48. The van der Waals surface area contributed by atoms with E-state index in [9.17, 15) is 14.0 Å². The molecule has 2 amide bonds. The molecule has 1 aliphatic heterocycles. The molecule has 1 unspecified atom stereocenters. The first kappa shape index (κ1) is 19.8. The minimum absolute atomic E-state index is 0.0668. The Bertz CT molecular complexity index is 908. The fourth-order valence-electron chi connectivity index (χ4n) is 3.90. The van der Waals surface area contributed by atoms with Crippen molar-refractivity contribution >= 4 is 34.0 Å². The number of amides is 2. The van der Waals surface area contributed by atoms with Crippen molar-refractivity contribution in [1.29, 1.82) is 0 Å². The van der Waals surface area contributed by atoms with Crippen molar-refractivity contribution in [2.75, 3.05) is 36.4 Å². The predicted molar refractivity (Wildman–Crippen MR) is 112 cm³/mol. The number of nitrogens with zero attached hydrogens (tertiary/aromatic N) is 3. The van der Waals surface area contributed by atoms with E-state index in [0.717, 1.165) is 54.7 Å². The molecule has 29 heavy (non-hydrogen) atoms. The van der Waals surface area contributed by atoms with Gasteiger partial charge in [-0.15, -0.1) is 11.3 Å². The number of benzene rings is 1. The molecule has 0 bridgehead atoms. The lowest BCUT2D eigenvalue weighted by molar-refractivity contribution is -0.131. The molecule has 2 heterocycles. The fourth-order valence-corrected chi connectivity index (χ4v) is 5.14. The van der Waals surface area contributed by atoms with Crippen LogP contribution in [0.5, 0.6) is 0 Å². The lowest BCUT2D eigenvalue weighted by Gasteiger charge is -2.34. The molecule has 0 radical (unpaired) electrons. The number of hydrogen-bond donors (Lipinski definition) is 1. The number of aromatic nitrogens is 1. The molecular weight excluding hydrogens is 391 g/mol. The van der Waals surface area contributed by atoms with Gasteiger partial charge >= 0.3 is 0 Å². The first-order chi connectivity index (χ1) is 14.0.